The Balaban J connectivity index is 2.26. The van der Waals surface area contributed by atoms with Crippen molar-refractivity contribution < 1.29 is 13.9 Å². The Labute approximate surface area is 105 Å². The van der Waals surface area contributed by atoms with Gasteiger partial charge in [0.15, 0.2) is 0 Å². The molecule has 1 aromatic rings. The number of halogens is 2. The number of carbonyl (C=O) groups excluding carboxylic acids is 1. The molecule has 0 unspecified atom stereocenters. The molecule has 5 heteroatoms. The Morgan fingerprint density at radius 2 is 2.29 bits per heavy atom. The number of hydrogen-bond donors (Lipinski definition) is 1. The Kier molecular flexibility index (Phi) is 5.94. The maximum Gasteiger partial charge on any atom is 0.307 e. The van der Waals surface area contributed by atoms with Crippen LogP contribution in [-0.2, 0) is 16.1 Å². The van der Waals surface area contributed by atoms with E-state index < -0.39 is 5.82 Å². The van der Waals surface area contributed by atoms with Crippen molar-refractivity contribution in [2.75, 3.05) is 13.2 Å². The maximum atomic E-state index is 13.1. The van der Waals surface area contributed by atoms with E-state index in [1.807, 2.05) is 0 Å². The standard InChI is InChI=1S/C12H15ClFNO2/c1-2-17-12(16)5-6-15-8-9-3-4-10(13)11(14)7-9/h3-4,7,15H,2,5-6,8H2,1H3. The third kappa shape index (κ3) is 5.15. The Bertz CT molecular complexity index is 385. The molecule has 0 aliphatic carbocycles. The molecule has 3 nitrogen and oxygen atoms in total. The molecule has 1 aromatic carbocycles. The van der Waals surface area contributed by atoms with E-state index in [2.05, 4.69) is 5.32 Å². The number of ether oxygens (including phenoxy) is 1. The van der Waals surface area contributed by atoms with Crippen LogP contribution in [0, 0.1) is 5.82 Å². The van der Waals surface area contributed by atoms with Crippen LogP contribution in [0.15, 0.2) is 18.2 Å². The molecule has 1 N–H and O–H groups in total. The lowest BCUT2D eigenvalue weighted by molar-refractivity contribution is -0.142. The van der Waals surface area contributed by atoms with Gasteiger partial charge in [0.25, 0.3) is 0 Å². The monoisotopic (exact) mass is 259 g/mol. The molecule has 0 radical (unpaired) electrons. The van der Waals surface area contributed by atoms with Crippen LogP contribution >= 0.6 is 11.6 Å². The Hall–Kier alpha value is -1.13. The molecule has 0 fully saturated rings. The van der Waals surface area contributed by atoms with E-state index in [4.69, 9.17) is 16.3 Å². The van der Waals surface area contributed by atoms with Crippen molar-refractivity contribution in [3.8, 4) is 0 Å². The molecule has 0 saturated heterocycles. The summed E-state index contributed by atoms with van der Waals surface area (Å²) in [5.41, 5.74) is 0.788. The number of nitrogens with one attached hydrogen (secondary N) is 1. The molecule has 17 heavy (non-hydrogen) atoms. The molecule has 0 amide bonds. The van der Waals surface area contributed by atoms with Crippen LogP contribution in [0.4, 0.5) is 4.39 Å². The maximum absolute atomic E-state index is 13.1. The lowest BCUT2D eigenvalue weighted by atomic mass is 10.2. The van der Waals surface area contributed by atoms with Crippen LogP contribution in [0.2, 0.25) is 5.02 Å². The molecule has 94 valence electrons. The summed E-state index contributed by atoms with van der Waals surface area (Å²) < 4.78 is 17.9. The zero-order valence-electron chi connectivity index (χ0n) is 9.63. The van der Waals surface area contributed by atoms with Gasteiger partial charge in [-0.15, -0.1) is 0 Å². The van der Waals surface area contributed by atoms with Gasteiger partial charge in [-0.2, -0.15) is 0 Å². The highest BCUT2D eigenvalue weighted by atomic mass is 35.5. The number of esters is 1. The van der Waals surface area contributed by atoms with Gasteiger partial charge in [-0.25, -0.2) is 4.39 Å². The van der Waals surface area contributed by atoms with E-state index >= 15 is 0 Å². The van der Waals surface area contributed by atoms with Gasteiger partial charge < -0.3 is 10.1 Å². The van der Waals surface area contributed by atoms with Crippen molar-refractivity contribution in [2.24, 2.45) is 0 Å². The first-order valence-corrected chi connectivity index (χ1v) is 5.81. The number of rotatable bonds is 6. The van der Waals surface area contributed by atoms with Crippen molar-refractivity contribution in [3.63, 3.8) is 0 Å². The molecule has 1 rings (SSSR count). The van der Waals surface area contributed by atoms with Gasteiger partial charge in [-0.3, -0.25) is 4.79 Å². The predicted molar refractivity (Wildman–Crippen MR) is 64.4 cm³/mol. The fourth-order valence-corrected chi connectivity index (χ4v) is 1.42. The van der Waals surface area contributed by atoms with Crippen LogP contribution in [0.3, 0.4) is 0 Å². The summed E-state index contributed by atoms with van der Waals surface area (Å²) in [7, 11) is 0. The molecule has 0 spiro atoms. The zero-order chi connectivity index (χ0) is 12.7. The summed E-state index contributed by atoms with van der Waals surface area (Å²) in [6, 6.07) is 4.63. The molecule has 0 aliphatic heterocycles. The second-order valence-electron chi connectivity index (χ2n) is 3.48. The highest BCUT2D eigenvalue weighted by molar-refractivity contribution is 6.30. The average molecular weight is 260 g/mol. The second-order valence-corrected chi connectivity index (χ2v) is 3.89. The highest BCUT2D eigenvalue weighted by Gasteiger charge is 2.02. The summed E-state index contributed by atoms with van der Waals surface area (Å²) in [5, 5.41) is 3.14. The predicted octanol–water partition coefficient (Wildman–Crippen LogP) is 2.52. The first kappa shape index (κ1) is 13.9. The van der Waals surface area contributed by atoms with Gasteiger partial charge >= 0.3 is 5.97 Å². The summed E-state index contributed by atoms with van der Waals surface area (Å²) in [6.07, 6.45) is 0.309. The Morgan fingerprint density at radius 3 is 2.94 bits per heavy atom. The minimum Gasteiger partial charge on any atom is -0.466 e. The van der Waals surface area contributed by atoms with E-state index in [0.717, 1.165) is 5.56 Å². The summed E-state index contributed by atoms with van der Waals surface area (Å²) in [4.78, 5) is 11.0. The van der Waals surface area contributed by atoms with Gasteiger partial charge in [0, 0.05) is 13.1 Å². The lowest BCUT2D eigenvalue weighted by Gasteiger charge is -2.05. The van der Waals surface area contributed by atoms with Crippen molar-refractivity contribution in [3.05, 3.63) is 34.6 Å². The zero-order valence-corrected chi connectivity index (χ0v) is 10.4. The van der Waals surface area contributed by atoms with Crippen LogP contribution in [0.5, 0.6) is 0 Å². The van der Waals surface area contributed by atoms with Crippen LogP contribution in [0.25, 0.3) is 0 Å². The topological polar surface area (TPSA) is 38.3 Å². The van der Waals surface area contributed by atoms with E-state index in [1.165, 1.54) is 12.1 Å². The fourth-order valence-electron chi connectivity index (χ4n) is 1.31. The molecule has 0 saturated carbocycles. The Morgan fingerprint density at radius 1 is 1.53 bits per heavy atom. The van der Waals surface area contributed by atoms with Crippen molar-refractivity contribution in [1.82, 2.24) is 5.32 Å². The number of benzene rings is 1. The first-order chi connectivity index (χ1) is 8.13. The molecule has 0 atom stereocenters. The third-order valence-corrected chi connectivity index (χ3v) is 2.43. The van der Waals surface area contributed by atoms with Crippen LogP contribution < -0.4 is 5.32 Å². The van der Waals surface area contributed by atoms with E-state index in [-0.39, 0.29) is 11.0 Å². The molecular weight excluding hydrogens is 245 g/mol. The average Bonchev–Trinajstić information content (AvgIpc) is 2.29. The fraction of sp³-hybridized carbons (Fsp3) is 0.417. The molecule has 0 aromatic heterocycles. The van der Waals surface area contributed by atoms with Crippen LogP contribution in [-0.4, -0.2) is 19.1 Å². The summed E-state index contributed by atoms with van der Waals surface area (Å²) >= 11 is 5.56. The number of hydrogen-bond acceptors (Lipinski definition) is 3. The second kappa shape index (κ2) is 7.25. The van der Waals surface area contributed by atoms with Gasteiger partial charge in [0.2, 0.25) is 0 Å². The van der Waals surface area contributed by atoms with Gasteiger partial charge in [0.05, 0.1) is 18.1 Å². The van der Waals surface area contributed by atoms with Gasteiger partial charge in [-0.05, 0) is 24.6 Å². The minimum atomic E-state index is -0.434. The van der Waals surface area contributed by atoms with Crippen molar-refractivity contribution >= 4 is 17.6 Å². The minimum absolute atomic E-state index is 0.111. The smallest absolute Gasteiger partial charge is 0.307 e. The van der Waals surface area contributed by atoms with E-state index in [0.29, 0.717) is 26.1 Å². The van der Waals surface area contributed by atoms with Gasteiger partial charge in [-0.1, -0.05) is 17.7 Å². The molecular formula is C12H15ClFNO2. The van der Waals surface area contributed by atoms with Gasteiger partial charge in [0.1, 0.15) is 5.82 Å². The van der Waals surface area contributed by atoms with Crippen molar-refractivity contribution in [1.29, 1.82) is 0 Å². The summed E-state index contributed by atoms with van der Waals surface area (Å²) in [5.74, 6) is -0.668. The van der Waals surface area contributed by atoms with Crippen molar-refractivity contribution in [2.45, 2.75) is 19.9 Å². The quantitative estimate of drug-likeness (QED) is 0.630. The largest absolute Gasteiger partial charge is 0.466 e. The molecule has 0 heterocycles. The molecule has 0 bridgehead atoms. The SMILES string of the molecule is CCOC(=O)CCNCc1ccc(Cl)c(F)c1. The van der Waals surface area contributed by atoms with E-state index in [9.17, 15) is 9.18 Å². The number of carbonyl (C=O) groups is 1. The van der Waals surface area contributed by atoms with E-state index in [1.54, 1.807) is 13.0 Å². The highest BCUT2D eigenvalue weighted by Crippen LogP contribution is 2.15. The normalized spacial score (nSPS) is 10.3. The third-order valence-electron chi connectivity index (χ3n) is 2.12. The lowest BCUT2D eigenvalue weighted by Crippen LogP contribution is -2.19. The van der Waals surface area contributed by atoms with Crippen LogP contribution in [0.1, 0.15) is 18.9 Å². The first-order valence-electron chi connectivity index (χ1n) is 5.43. The summed E-state index contributed by atoms with van der Waals surface area (Å²) in [6.45, 7) is 3.15. The molecule has 0 aliphatic rings.